The van der Waals surface area contributed by atoms with E-state index in [2.05, 4.69) is 22.4 Å². The number of carbonyl (C=O) groups is 2. The molecule has 0 aliphatic heterocycles. The fourth-order valence-electron chi connectivity index (χ4n) is 2.01. The van der Waals surface area contributed by atoms with Gasteiger partial charge in [0.15, 0.2) is 11.5 Å². The molecule has 0 atom stereocenters. The van der Waals surface area contributed by atoms with Crippen molar-refractivity contribution >= 4 is 17.7 Å². The van der Waals surface area contributed by atoms with Crippen molar-refractivity contribution in [3.8, 4) is 0 Å². The lowest BCUT2D eigenvalue weighted by molar-refractivity contribution is -0.137. The van der Waals surface area contributed by atoms with E-state index >= 15 is 0 Å². The van der Waals surface area contributed by atoms with Gasteiger partial charge in [0, 0.05) is 24.5 Å². The van der Waals surface area contributed by atoms with Crippen LogP contribution in [0.1, 0.15) is 35.9 Å². The normalized spacial score (nSPS) is 10.6. The Labute approximate surface area is 127 Å². The van der Waals surface area contributed by atoms with E-state index in [0.29, 0.717) is 5.82 Å². The zero-order valence-electron chi connectivity index (χ0n) is 12.6. The van der Waals surface area contributed by atoms with Gasteiger partial charge in [0.1, 0.15) is 0 Å². The summed E-state index contributed by atoms with van der Waals surface area (Å²) in [6.45, 7) is 5.01. The van der Waals surface area contributed by atoms with E-state index in [4.69, 9.17) is 5.11 Å². The van der Waals surface area contributed by atoms with Gasteiger partial charge in [-0.3, -0.25) is 19.0 Å². The predicted octanol–water partition coefficient (Wildman–Crippen LogP) is 1.53. The van der Waals surface area contributed by atoms with E-state index < -0.39 is 5.97 Å². The van der Waals surface area contributed by atoms with Crippen LogP contribution in [0.2, 0.25) is 0 Å². The Morgan fingerprint density at radius 3 is 2.77 bits per heavy atom. The smallest absolute Gasteiger partial charge is 0.305 e. The number of nitrogens with one attached hydrogen (secondary N) is 1. The standard InChI is InChI=1S/C14H19N5O3/c1-3-6-19-10(2)9-12(17-19)15-14(22)11-4-7-18(16-11)8-5-13(20)21/h4,7,9H,3,5-6,8H2,1-2H3,(H,20,21)(H,15,17,22). The minimum atomic E-state index is -0.904. The maximum absolute atomic E-state index is 12.1. The molecule has 0 aromatic carbocycles. The molecule has 2 rings (SSSR count). The van der Waals surface area contributed by atoms with Crippen molar-refractivity contribution < 1.29 is 14.7 Å². The predicted molar refractivity (Wildman–Crippen MR) is 79.7 cm³/mol. The van der Waals surface area contributed by atoms with Crippen molar-refractivity contribution in [3.05, 3.63) is 29.7 Å². The Hall–Kier alpha value is -2.64. The molecule has 8 heteroatoms. The minimum absolute atomic E-state index is 0.0383. The highest BCUT2D eigenvalue weighted by Crippen LogP contribution is 2.10. The second kappa shape index (κ2) is 6.88. The maximum atomic E-state index is 12.1. The molecule has 0 bridgehead atoms. The third-order valence-electron chi connectivity index (χ3n) is 3.09. The van der Waals surface area contributed by atoms with Gasteiger partial charge in [0.05, 0.1) is 13.0 Å². The lowest BCUT2D eigenvalue weighted by Gasteiger charge is -2.01. The molecule has 0 aliphatic rings. The van der Waals surface area contributed by atoms with Crippen molar-refractivity contribution in [2.45, 2.75) is 39.8 Å². The van der Waals surface area contributed by atoms with E-state index in [1.807, 2.05) is 11.6 Å². The molecule has 0 aliphatic carbocycles. The monoisotopic (exact) mass is 305 g/mol. The molecular formula is C14H19N5O3. The largest absolute Gasteiger partial charge is 0.481 e. The van der Waals surface area contributed by atoms with Crippen LogP contribution < -0.4 is 5.32 Å². The molecule has 22 heavy (non-hydrogen) atoms. The van der Waals surface area contributed by atoms with Crippen LogP contribution in [0.25, 0.3) is 0 Å². The van der Waals surface area contributed by atoms with Crippen LogP contribution in [-0.4, -0.2) is 36.5 Å². The first-order chi connectivity index (χ1) is 10.5. The molecule has 1 amide bonds. The van der Waals surface area contributed by atoms with Crippen molar-refractivity contribution in [1.82, 2.24) is 19.6 Å². The average molecular weight is 305 g/mol. The lowest BCUT2D eigenvalue weighted by atomic mass is 10.4. The van der Waals surface area contributed by atoms with E-state index in [1.54, 1.807) is 18.3 Å². The fraction of sp³-hybridized carbons (Fsp3) is 0.429. The molecule has 0 radical (unpaired) electrons. The number of nitrogens with zero attached hydrogens (tertiary/aromatic N) is 4. The number of rotatable bonds is 7. The summed E-state index contributed by atoms with van der Waals surface area (Å²) in [5.74, 6) is -0.787. The molecule has 0 saturated heterocycles. The van der Waals surface area contributed by atoms with Crippen molar-refractivity contribution in [1.29, 1.82) is 0 Å². The van der Waals surface area contributed by atoms with Crippen LogP contribution in [0.15, 0.2) is 18.3 Å². The molecule has 8 nitrogen and oxygen atoms in total. The number of aromatic nitrogens is 4. The van der Waals surface area contributed by atoms with Gasteiger partial charge in [0.25, 0.3) is 5.91 Å². The summed E-state index contributed by atoms with van der Waals surface area (Å²) in [4.78, 5) is 22.6. The first-order valence-electron chi connectivity index (χ1n) is 7.10. The Kier molecular flexibility index (Phi) is 4.92. The van der Waals surface area contributed by atoms with Crippen LogP contribution in [0, 0.1) is 6.92 Å². The average Bonchev–Trinajstić information content (AvgIpc) is 3.05. The number of aliphatic carboxylic acids is 1. The molecule has 0 saturated carbocycles. The Bertz CT molecular complexity index is 674. The zero-order valence-corrected chi connectivity index (χ0v) is 12.6. The van der Waals surface area contributed by atoms with E-state index in [9.17, 15) is 9.59 Å². The van der Waals surface area contributed by atoms with Crippen molar-refractivity contribution in [2.75, 3.05) is 5.32 Å². The second-order valence-electron chi connectivity index (χ2n) is 4.96. The molecule has 118 valence electrons. The van der Waals surface area contributed by atoms with Gasteiger partial charge in [-0.05, 0) is 19.4 Å². The summed E-state index contributed by atoms with van der Waals surface area (Å²) in [5.41, 5.74) is 1.21. The van der Waals surface area contributed by atoms with Crippen LogP contribution >= 0.6 is 0 Å². The SMILES string of the molecule is CCCn1nc(NC(=O)c2ccn(CCC(=O)O)n2)cc1C. The minimum Gasteiger partial charge on any atom is -0.481 e. The van der Waals surface area contributed by atoms with E-state index in [1.165, 1.54) is 4.68 Å². The maximum Gasteiger partial charge on any atom is 0.305 e. The number of aryl methyl sites for hydroxylation is 3. The topological polar surface area (TPSA) is 102 Å². The molecule has 2 aromatic heterocycles. The van der Waals surface area contributed by atoms with Gasteiger partial charge >= 0.3 is 5.97 Å². The number of carboxylic acid groups (broad SMARTS) is 1. The summed E-state index contributed by atoms with van der Waals surface area (Å²) in [6, 6.07) is 3.35. The highest BCUT2D eigenvalue weighted by molar-refractivity contribution is 6.02. The van der Waals surface area contributed by atoms with Crippen molar-refractivity contribution in [2.24, 2.45) is 0 Å². The molecule has 2 N–H and O–H groups in total. The summed E-state index contributed by atoms with van der Waals surface area (Å²) in [7, 11) is 0. The van der Waals surface area contributed by atoms with Crippen LogP contribution in [-0.2, 0) is 17.9 Å². The molecule has 0 spiro atoms. The van der Waals surface area contributed by atoms with Gasteiger partial charge in [-0.1, -0.05) is 6.92 Å². The number of hydrogen-bond donors (Lipinski definition) is 2. The lowest BCUT2D eigenvalue weighted by Crippen LogP contribution is -2.14. The molecule has 0 fully saturated rings. The molecular weight excluding hydrogens is 286 g/mol. The number of carbonyl (C=O) groups excluding carboxylic acids is 1. The first kappa shape index (κ1) is 15.7. The molecule has 2 heterocycles. The molecule has 2 aromatic rings. The van der Waals surface area contributed by atoms with E-state index in [-0.39, 0.29) is 24.6 Å². The first-order valence-corrected chi connectivity index (χ1v) is 7.10. The fourth-order valence-corrected chi connectivity index (χ4v) is 2.01. The second-order valence-corrected chi connectivity index (χ2v) is 4.96. The highest BCUT2D eigenvalue weighted by Gasteiger charge is 2.13. The Morgan fingerprint density at radius 2 is 2.09 bits per heavy atom. The summed E-state index contributed by atoms with van der Waals surface area (Å²) in [6.07, 6.45) is 2.51. The number of amides is 1. The van der Waals surface area contributed by atoms with Gasteiger partial charge in [-0.15, -0.1) is 0 Å². The Morgan fingerprint density at radius 1 is 1.32 bits per heavy atom. The van der Waals surface area contributed by atoms with Gasteiger partial charge in [-0.2, -0.15) is 10.2 Å². The number of anilines is 1. The third-order valence-corrected chi connectivity index (χ3v) is 3.09. The quantitative estimate of drug-likeness (QED) is 0.807. The highest BCUT2D eigenvalue weighted by atomic mass is 16.4. The van der Waals surface area contributed by atoms with Crippen LogP contribution in [0.5, 0.6) is 0 Å². The number of carboxylic acids is 1. The summed E-state index contributed by atoms with van der Waals surface area (Å²) < 4.78 is 3.27. The van der Waals surface area contributed by atoms with Crippen LogP contribution in [0.3, 0.4) is 0 Å². The van der Waals surface area contributed by atoms with Gasteiger partial charge in [-0.25, -0.2) is 0 Å². The third kappa shape index (κ3) is 3.94. The van der Waals surface area contributed by atoms with Gasteiger partial charge in [0.2, 0.25) is 0 Å². The summed E-state index contributed by atoms with van der Waals surface area (Å²) >= 11 is 0. The van der Waals surface area contributed by atoms with Gasteiger partial charge < -0.3 is 10.4 Å². The van der Waals surface area contributed by atoms with Crippen LogP contribution in [0.4, 0.5) is 5.82 Å². The van der Waals surface area contributed by atoms with Crippen molar-refractivity contribution in [3.63, 3.8) is 0 Å². The van der Waals surface area contributed by atoms with E-state index in [0.717, 1.165) is 18.7 Å². The number of hydrogen-bond acceptors (Lipinski definition) is 4. The molecule has 0 unspecified atom stereocenters. The summed E-state index contributed by atoms with van der Waals surface area (Å²) in [5, 5.41) is 19.7. The Balaban J connectivity index is 2.00. The zero-order chi connectivity index (χ0) is 16.1.